The second-order valence-electron chi connectivity index (χ2n) is 8.67. The number of anilines is 1. The number of piperidine rings is 1. The third-order valence-electron chi connectivity index (χ3n) is 6.59. The van der Waals surface area contributed by atoms with Crippen LogP contribution in [0.15, 0.2) is 48.5 Å². The van der Waals surface area contributed by atoms with Crippen LogP contribution in [0.1, 0.15) is 44.1 Å². The van der Waals surface area contributed by atoms with Gasteiger partial charge >= 0.3 is 12.1 Å². The first kappa shape index (κ1) is 21.4. The Kier molecular flexibility index (Phi) is 6.56. The molecular formula is C25H30N2O4. The molecule has 0 spiro atoms. The highest BCUT2D eigenvalue weighted by molar-refractivity contribution is 5.91. The SMILES string of the molecule is CN1C2CC[C@@H]1CC(OC(=O)Nc1cc(CCCC(=O)O)ccc1-c1ccccc1)C2. The molecule has 2 fully saturated rings. The van der Waals surface area contributed by atoms with E-state index in [1.807, 2.05) is 48.5 Å². The van der Waals surface area contributed by atoms with Crippen molar-refractivity contribution in [2.75, 3.05) is 12.4 Å². The standard InChI is InChI=1S/C25H30N2O4/c1-27-19-11-12-20(27)16-21(15-19)31-25(30)26-23-14-17(6-5-9-24(28)29)10-13-22(23)18-7-3-2-4-8-18/h2-4,7-8,10,13-14,19-21H,5-6,9,11-12,15-16H2,1H3,(H,26,30)(H,28,29)/t19-,20?,21?/m1/s1. The topological polar surface area (TPSA) is 78.9 Å². The summed E-state index contributed by atoms with van der Waals surface area (Å²) < 4.78 is 5.81. The van der Waals surface area contributed by atoms with Gasteiger partial charge in [0.2, 0.25) is 0 Å². The average Bonchev–Trinajstić information content (AvgIpc) is 2.95. The van der Waals surface area contributed by atoms with Crippen molar-refractivity contribution in [3.8, 4) is 11.1 Å². The number of carbonyl (C=O) groups is 2. The Bertz CT molecular complexity index is 916. The molecule has 2 aromatic carbocycles. The van der Waals surface area contributed by atoms with Crippen molar-refractivity contribution >= 4 is 17.7 Å². The Morgan fingerprint density at radius 3 is 2.48 bits per heavy atom. The molecule has 2 aromatic rings. The smallest absolute Gasteiger partial charge is 0.411 e. The van der Waals surface area contributed by atoms with E-state index in [2.05, 4.69) is 17.3 Å². The molecule has 1 amide bonds. The number of ether oxygens (including phenoxy) is 1. The summed E-state index contributed by atoms with van der Waals surface area (Å²) in [7, 11) is 2.17. The highest BCUT2D eigenvalue weighted by Gasteiger charge is 2.39. The highest BCUT2D eigenvalue weighted by Crippen LogP contribution is 2.36. The van der Waals surface area contributed by atoms with E-state index in [1.54, 1.807) is 0 Å². The fraction of sp³-hybridized carbons (Fsp3) is 0.440. The molecule has 2 bridgehead atoms. The molecule has 2 N–H and O–H groups in total. The van der Waals surface area contributed by atoms with Crippen molar-refractivity contribution in [2.24, 2.45) is 0 Å². The Morgan fingerprint density at radius 1 is 1.10 bits per heavy atom. The minimum absolute atomic E-state index is 0.0485. The maximum Gasteiger partial charge on any atom is 0.411 e. The molecule has 3 atom stereocenters. The van der Waals surface area contributed by atoms with E-state index in [-0.39, 0.29) is 12.5 Å². The Morgan fingerprint density at radius 2 is 1.81 bits per heavy atom. The number of fused-ring (bicyclic) bond motifs is 2. The van der Waals surface area contributed by atoms with E-state index in [1.165, 1.54) is 12.8 Å². The van der Waals surface area contributed by atoms with Gasteiger partial charge in [-0.1, -0.05) is 42.5 Å². The van der Waals surface area contributed by atoms with Crippen molar-refractivity contribution in [3.05, 3.63) is 54.1 Å². The molecule has 2 heterocycles. The molecule has 6 heteroatoms. The molecule has 0 radical (unpaired) electrons. The summed E-state index contributed by atoms with van der Waals surface area (Å²) in [5.41, 5.74) is 3.61. The quantitative estimate of drug-likeness (QED) is 0.661. The molecular weight excluding hydrogens is 392 g/mol. The number of aryl methyl sites for hydroxylation is 1. The number of amides is 1. The fourth-order valence-corrected chi connectivity index (χ4v) is 4.91. The van der Waals surface area contributed by atoms with Gasteiger partial charge in [-0.15, -0.1) is 0 Å². The lowest BCUT2D eigenvalue weighted by atomic mass is 9.99. The first-order valence-electron chi connectivity index (χ1n) is 11.1. The zero-order chi connectivity index (χ0) is 21.8. The number of hydrogen-bond acceptors (Lipinski definition) is 4. The predicted molar refractivity (Wildman–Crippen MR) is 120 cm³/mol. The van der Waals surface area contributed by atoms with Crippen LogP contribution in [0.5, 0.6) is 0 Å². The lowest BCUT2D eigenvalue weighted by Crippen LogP contribution is -2.43. The van der Waals surface area contributed by atoms with Crippen molar-refractivity contribution in [1.29, 1.82) is 0 Å². The summed E-state index contributed by atoms with van der Waals surface area (Å²) in [5, 5.41) is 11.9. The number of nitrogens with one attached hydrogen (secondary N) is 1. The van der Waals surface area contributed by atoms with Crippen LogP contribution >= 0.6 is 0 Å². The van der Waals surface area contributed by atoms with Gasteiger partial charge in [0, 0.05) is 36.9 Å². The zero-order valence-corrected chi connectivity index (χ0v) is 17.9. The lowest BCUT2D eigenvalue weighted by molar-refractivity contribution is -0.137. The van der Waals surface area contributed by atoms with Gasteiger partial charge in [0.05, 0.1) is 5.69 Å². The molecule has 2 unspecified atom stereocenters. The van der Waals surface area contributed by atoms with Crippen LogP contribution in [0.4, 0.5) is 10.5 Å². The Hall–Kier alpha value is -2.86. The van der Waals surface area contributed by atoms with Gasteiger partial charge in [0.25, 0.3) is 0 Å². The number of benzene rings is 2. The predicted octanol–water partition coefficient (Wildman–Crippen LogP) is 4.93. The Balaban J connectivity index is 1.47. The van der Waals surface area contributed by atoms with E-state index in [0.29, 0.717) is 30.6 Å². The average molecular weight is 423 g/mol. The van der Waals surface area contributed by atoms with E-state index >= 15 is 0 Å². The van der Waals surface area contributed by atoms with Crippen LogP contribution in [0.3, 0.4) is 0 Å². The minimum atomic E-state index is -0.796. The first-order chi connectivity index (χ1) is 15.0. The number of aliphatic carboxylic acids is 1. The van der Waals surface area contributed by atoms with Crippen LogP contribution in [0, 0.1) is 0 Å². The summed E-state index contributed by atoms with van der Waals surface area (Å²) in [4.78, 5) is 26.0. The van der Waals surface area contributed by atoms with Crippen molar-refractivity contribution in [3.63, 3.8) is 0 Å². The number of nitrogens with zero attached hydrogens (tertiary/aromatic N) is 1. The molecule has 0 saturated carbocycles. The van der Waals surface area contributed by atoms with Crippen LogP contribution in [-0.2, 0) is 16.0 Å². The molecule has 164 valence electrons. The minimum Gasteiger partial charge on any atom is -0.481 e. The van der Waals surface area contributed by atoms with Crippen molar-refractivity contribution < 1.29 is 19.4 Å². The summed E-state index contributed by atoms with van der Waals surface area (Å²) in [6.45, 7) is 0. The monoisotopic (exact) mass is 422 g/mol. The van der Waals surface area contributed by atoms with Crippen LogP contribution in [0.2, 0.25) is 0 Å². The molecule has 0 aliphatic carbocycles. The molecule has 6 nitrogen and oxygen atoms in total. The van der Waals surface area contributed by atoms with Crippen LogP contribution in [-0.4, -0.2) is 47.3 Å². The maximum absolute atomic E-state index is 12.8. The van der Waals surface area contributed by atoms with E-state index < -0.39 is 12.1 Å². The number of carbonyl (C=O) groups excluding carboxylic acids is 1. The number of rotatable bonds is 7. The second kappa shape index (κ2) is 9.52. The van der Waals surface area contributed by atoms with Gasteiger partial charge in [-0.25, -0.2) is 4.79 Å². The first-order valence-corrected chi connectivity index (χ1v) is 11.1. The Labute approximate surface area is 183 Å². The molecule has 4 rings (SSSR count). The van der Waals surface area contributed by atoms with E-state index in [4.69, 9.17) is 9.84 Å². The zero-order valence-electron chi connectivity index (χ0n) is 17.9. The summed E-state index contributed by atoms with van der Waals surface area (Å²) in [6, 6.07) is 16.8. The molecule has 2 saturated heterocycles. The second-order valence-corrected chi connectivity index (χ2v) is 8.67. The van der Waals surface area contributed by atoms with Crippen LogP contribution < -0.4 is 5.32 Å². The van der Waals surface area contributed by atoms with Gasteiger partial charge < -0.3 is 14.7 Å². The van der Waals surface area contributed by atoms with E-state index in [0.717, 1.165) is 29.5 Å². The van der Waals surface area contributed by atoms with Crippen LogP contribution in [0.25, 0.3) is 11.1 Å². The van der Waals surface area contributed by atoms with E-state index in [9.17, 15) is 9.59 Å². The number of hydrogen-bond donors (Lipinski definition) is 2. The van der Waals surface area contributed by atoms with Gasteiger partial charge in [-0.3, -0.25) is 10.1 Å². The highest BCUT2D eigenvalue weighted by atomic mass is 16.6. The third kappa shape index (κ3) is 5.25. The summed E-state index contributed by atoms with van der Waals surface area (Å²) >= 11 is 0. The maximum atomic E-state index is 12.8. The normalized spacial score (nSPS) is 22.8. The molecule has 0 aromatic heterocycles. The largest absolute Gasteiger partial charge is 0.481 e. The van der Waals surface area contributed by atoms with Gasteiger partial charge in [0.1, 0.15) is 6.10 Å². The van der Waals surface area contributed by atoms with Crippen molar-refractivity contribution in [1.82, 2.24) is 4.90 Å². The summed E-state index contributed by atoms with van der Waals surface area (Å²) in [5.74, 6) is -0.796. The van der Waals surface area contributed by atoms with Crippen molar-refractivity contribution in [2.45, 2.75) is 63.1 Å². The number of carboxylic acid groups (broad SMARTS) is 1. The van der Waals surface area contributed by atoms with Gasteiger partial charge in [-0.05, 0) is 49.9 Å². The third-order valence-corrected chi connectivity index (χ3v) is 6.59. The molecule has 31 heavy (non-hydrogen) atoms. The van der Waals surface area contributed by atoms with Gasteiger partial charge in [-0.2, -0.15) is 0 Å². The summed E-state index contributed by atoms with van der Waals surface area (Å²) in [6.07, 6.45) is 5.00. The molecule has 2 aliphatic heterocycles. The van der Waals surface area contributed by atoms with Gasteiger partial charge in [0.15, 0.2) is 0 Å². The fourth-order valence-electron chi connectivity index (χ4n) is 4.91. The lowest BCUT2D eigenvalue weighted by Gasteiger charge is -2.35. The molecule has 2 aliphatic rings. The number of carboxylic acids is 1.